The summed E-state index contributed by atoms with van der Waals surface area (Å²) in [6.07, 6.45) is 2.07. The van der Waals surface area contributed by atoms with Crippen molar-refractivity contribution in [3.63, 3.8) is 0 Å². The molecule has 1 amide bonds. The smallest absolute Gasteiger partial charge is 0.231 e. The molecule has 1 aromatic rings. The van der Waals surface area contributed by atoms with E-state index in [4.69, 9.17) is 9.47 Å². The van der Waals surface area contributed by atoms with Crippen LogP contribution in [-0.2, 0) is 21.1 Å². The summed E-state index contributed by atoms with van der Waals surface area (Å²) in [7, 11) is -3.15. The lowest BCUT2D eigenvalue weighted by atomic mass is 9.76. The fourth-order valence-corrected chi connectivity index (χ4v) is 4.51. The number of hydrogen-bond donors (Lipinski definition) is 0. The van der Waals surface area contributed by atoms with Gasteiger partial charge >= 0.3 is 0 Å². The number of hydrogen-bond acceptors (Lipinski definition) is 5. The minimum Gasteiger partial charge on any atom is -0.454 e. The van der Waals surface area contributed by atoms with Gasteiger partial charge in [-0.05, 0) is 49.8 Å². The molecule has 7 heteroatoms. The lowest BCUT2D eigenvalue weighted by Gasteiger charge is -2.40. The highest BCUT2D eigenvalue weighted by molar-refractivity contribution is 7.92. The van der Waals surface area contributed by atoms with Crippen LogP contribution in [0.25, 0.3) is 0 Å². The van der Waals surface area contributed by atoms with Crippen molar-refractivity contribution in [2.45, 2.75) is 45.3 Å². The molecule has 1 fully saturated rings. The van der Waals surface area contributed by atoms with E-state index in [-0.39, 0.29) is 30.4 Å². The molecule has 2 heterocycles. The summed E-state index contributed by atoms with van der Waals surface area (Å²) in [5.74, 6) is 1.60. The molecule has 2 aliphatic rings. The lowest BCUT2D eigenvalue weighted by Crippen LogP contribution is -2.48. The van der Waals surface area contributed by atoms with Crippen molar-refractivity contribution >= 4 is 15.7 Å². The second-order valence-corrected chi connectivity index (χ2v) is 10.6. The third-order valence-corrected chi connectivity index (χ3v) is 7.49. The summed E-state index contributed by atoms with van der Waals surface area (Å²) in [5.41, 5.74) is 1.06. The maximum absolute atomic E-state index is 12.3. The van der Waals surface area contributed by atoms with Crippen LogP contribution in [0.2, 0.25) is 0 Å². The number of carbonyl (C=O) groups is 1. The van der Waals surface area contributed by atoms with Gasteiger partial charge in [-0.25, -0.2) is 8.42 Å². The second-order valence-electron chi connectivity index (χ2n) is 7.91. The van der Waals surface area contributed by atoms with Crippen LogP contribution < -0.4 is 9.47 Å². The fraction of sp³-hybridized carbons (Fsp3) is 0.632. The van der Waals surface area contributed by atoms with Gasteiger partial charge in [-0.3, -0.25) is 4.79 Å². The molecule has 0 spiro atoms. The zero-order valence-corrected chi connectivity index (χ0v) is 16.5. The zero-order chi connectivity index (χ0) is 18.9. The Bertz CT molecular complexity index is 789. The van der Waals surface area contributed by atoms with Crippen molar-refractivity contribution in [1.29, 1.82) is 0 Å². The van der Waals surface area contributed by atoms with Crippen LogP contribution in [0.5, 0.6) is 11.5 Å². The Morgan fingerprint density at radius 3 is 2.69 bits per heavy atom. The van der Waals surface area contributed by atoms with E-state index in [1.807, 2.05) is 18.2 Å². The highest BCUT2D eigenvalue weighted by Gasteiger charge is 2.35. The maximum Gasteiger partial charge on any atom is 0.231 e. The quantitative estimate of drug-likeness (QED) is 0.757. The summed E-state index contributed by atoms with van der Waals surface area (Å²) in [6.45, 7) is 6.62. The van der Waals surface area contributed by atoms with E-state index in [0.717, 1.165) is 29.9 Å². The molecule has 0 radical (unpaired) electrons. The van der Waals surface area contributed by atoms with E-state index in [0.29, 0.717) is 13.0 Å². The van der Waals surface area contributed by atoms with Crippen LogP contribution >= 0.6 is 0 Å². The van der Waals surface area contributed by atoms with Crippen molar-refractivity contribution in [1.82, 2.24) is 4.90 Å². The Hall–Kier alpha value is -1.76. The minimum absolute atomic E-state index is 0.0243. The first-order valence-electron chi connectivity index (χ1n) is 9.06. The van der Waals surface area contributed by atoms with Gasteiger partial charge in [-0.1, -0.05) is 13.0 Å². The molecule has 0 aliphatic carbocycles. The van der Waals surface area contributed by atoms with E-state index >= 15 is 0 Å². The van der Waals surface area contributed by atoms with Gasteiger partial charge < -0.3 is 14.4 Å². The Balaban J connectivity index is 1.67. The first-order valence-corrected chi connectivity index (χ1v) is 10.8. The van der Waals surface area contributed by atoms with E-state index in [2.05, 4.69) is 6.92 Å². The molecular formula is C19H27NO5S. The third-order valence-electron chi connectivity index (χ3n) is 5.30. The average Bonchev–Trinajstić information content (AvgIpc) is 3.03. The standard InChI is InChI=1S/C19H27NO5S/c1-14(2)26(22,23)9-8-20-12-19(3,7-6-18(20)21)11-15-4-5-16-17(10-15)25-13-24-16/h4-5,10,14H,6-9,11-13H2,1-3H3/t19-/m1/s1. The number of ether oxygens (including phenoxy) is 2. The molecule has 0 saturated carbocycles. The molecule has 1 atom stereocenters. The molecule has 0 aromatic heterocycles. The van der Waals surface area contributed by atoms with Gasteiger partial charge in [-0.2, -0.15) is 0 Å². The number of carbonyl (C=O) groups excluding carboxylic acids is 1. The van der Waals surface area contributed by atoms with Crippen molar-refractivity contribution in [2.75, 3.05) is 25.6 Å². The molecule has 144 valence electrons. The Morgan fingerprint density at radius 2 is 1.96 bits per heavy atom. The van der Waals surface area contributed by atoms with E-state index in [1.54, 1.807) is 18.7 Å². The van der Waals surface area contributed by atoms with Crippen LogP contribution in [0.1, 0.15) is 39.2 Å². The third kappa shape index (κ3) is 4.14. The number of fused-ring (bicyclic) bond motifs is 1. The predicted molar refractivity (Wildman–Crippen MR) is 99.1 cm³/mol. The Morgan fingerprint density at radius 1 is 1.23 bits per heavy atom. The van der Waals surface area contributed by atoms with Crippen molar-refractivity contribution in [3.05, 3.63) is 23.8 Å². The SMILES string of the molecule is CC(C)S(=O)(=O)CCN1C[C@@](C)(Cc2ccc3c(c2)OCO3)CCC1=O. The van der Waals surface area contributed by atoms with Crippen LogP contribution in [0.4, 0.5) is 0 Å². The number of likely N-dealkylation sites (tertiary alicyclic amines) is 1. The summed E-state index contributed by atoms with van der Waals surface area (Å²) in [4.78, 5) is 14.0. The molecule has 3 rings (SSSR count). The second kappa shape index (κ2) is 7.10. The molecule has 2 aliphatic heterocycles. The number of nitrogens with zero attached hydrogens (tertiary/aromatic N) is 1. The van der Waals surface area contributed by atoms with Gasteiger partial charge in [0.2, 0.25) is 12.7 Å². The fourth-order valence-electron chi connectivity index (χ4n) is 3.56. The summed E-state index contributed by atoms with van der Waals surface area (Å²) < 4.78 is 34.9. The average molecular weight is 381 g/mol. The van der Waals surface area contributed by atoms with E-state index < -0.39 is 15.1 Å². The largest absolute Gasteiger partial charge is 0.454 e. The highest BCUT2D eigenvalue weighted by atomic mass is 32.2. The van der Waals surface area contributed by atoms with Gasteiger partial charge in [0.15, 0.2) is 21.3 Å². The molecular weight excluding hydrogens is 354 g/mol. The molecule has 0 unspecified atom stereocenters. The van der Waals surface area contributed by atoms with Crippen LogP contribution in [0, 0.1) is 5.41 Å². The maximum atomic E-state index is 12.3. The van der Waals surface area contributed by atoms with Gasteiger partial charge in [0, 0.05) is 19.5 Å². The Kier molecular flexibility index (Phi) is 5.19. The topological polar surface area (TPSA) is 72.9 Å². The number of piperidine rings is 1. The predicted octanol–water partition coefficient (Wildman–Crippen LogP) is 2.41. The molecule has 0 N–H and O–H groups in total. The van der Waals surface area contributed by atoms with Crippen LogP contribution in [0.3, 0.4) is 0 Å². The normalized spacial score (nSPS) is 22.9. The van der Waals surface area contributed by atoms with Crippen molar-refractivity contribution < 1.29 is 22.7 Å². The number of sulfone groups is 1. The molecule has 1 saturated heterocycles. The molecule has 0 bridgehead atoms. The first-order chi connectivity index (χ1) is 12.2. The van der Waals surface area contributed by atoms with E-state index in [1.165, 1.54) is 0 Å². The molecule has 26 heavy (non-hydrogen) atoms. The van der Waals surface area contributed by atoms with Crippen LogP contribution in [-0.4, -0.2) is 50.1 Å². The zero-order valence-electron chi connectivity index (χ0n) is 15.7. The van der Waals surface area contributed by atoms with Crippen molar-refractivity contribution in [3.8, 4) is 11.5 Å². The number of benzene rings is 1. The molecule has 1 aromatic carbocycles. The number of rotatable bonds is 6. The molecule has 6 nitrogen and oxygen atoms in total. The van der Waals surface area contributed by atoms with Crippen molar-refractivity contribution in [2.24, 2.45) is 5.41 Å². The first kappa shape index (κ1) is 19.0. The minimum atomic E-state index is -3.15. The highest BCUT2D eigenvalue weighted by Crippen LogP contribution is 2.37. The summed E-state index contributed by atoms with van der Waals surface area (Å²) in [6, 6.07) is 5.95. The summed E-state index contributed by atoms with van der Waals surface area (Å²) in [5, 5.41) is -0.414. The van der Waals surface area contributed by atoms with Gasteiger partial charge in [-0.15, -0.1) is 0 Å². The number of amides is 1. The van der Waals surface area contributed by atoms with Gasteiger partial charge in [0.25, 0.3) is 0 Å². The monoisotopic (exact) mass is 381 g/mol. The van der Waals surface area contributed by atoms with Crippen LogP contribution in [0.15, 0.2) is 18.2 Å². The Labute approximate surface area is 155 Å². The summed E-state index contributed by atoms with van der Waals surface area (Å²) >= 11 is 0. The van der Waals surface area contributed by atoms with Gasteiger partial charge in [0.05, 0.1) is 11.0 Å². The van der Waals surface area contributed by atoms with Gasteiger partial charge in [0.1, 0.15) is 0 Å². The lowest BCUT2D eigenvalue weighted by molar-refractivity contribution is -0.136. The van der Waals surface area contributed by atoms with E-state index in [9.17, 15) is 13.2 Å².